The van der Waals surface area contributed by atoms with Gasteiger partial charge in [0.2, 0.25) is 0 Å². The lowest BCUT2D eigenvalue weighted by Crippen LogP contribution is -2.31. The Hall–Kier alpha value is -3.35. The van der Waals surface area contributed by atoms with Gasteiger partial charge in [0.25, 0.3) is 11.8 Å². The van der Waals surface area contributed by atoms with Crippen LogP contribution >= 0.6 is 0 Å². The number of hydrogen-bond acceptors (Lipinski definition) is 4. The monoisotopic (exact) mass is 380 g/mol. The number of hydrogen-bond donors (Lipinski definition) is 2. The second-order valence-electron chi connectivity index (χ2n) is 6.79. The number of furan rings is 1. The fourth-order valence-electron chi connectivity index (χ4n) is 2.71. The van der Waals surface area contributed by atoms with Crippen molar-refractivity contribution in [3.63, 3.8) is 0 Å². The molecule has 0 aliphatic heterocycles. The minimum atomic E-state index is -0.297. The van der Waals surface area contributed by atoms with E-state index in [1.54, 1.807) is 48.3 Å². The number of carbonyl (C=O) groups excluding carboxylic acids is 2. The molecule has 0 saturated heterocycles. The maximum absolute atomic E-state index is 12.7. The van der Waals surface area contributed by atoms with Gasteiger partial charge in [-0.25, -0.2) is 0 Å². The minimum Gasteiger partial charge on any atom is -0.460 e. The molecule has 1 atom stereocenters. The van der Waals surface area contributed by atoms with Gasteiger partial charge >= 0.3 is 0 Å². The van der Waals surface area contributed by atoms with Crippen LogP contribution in [0.25, 0.3) is 11.5 Å². The number of aryl methyl sites for hydroxylation is 2. The van der Waals surface area contributed by atoms with Crippen LogP contribution in [0.1, 0.15) is 46.7 Å². The molecular formula is C21H24N4O3. The van der Waals surface area contributed by atoms with Crippen LogP contribution in [-0.2, 0) is 7.05 Å². The SMILES string of the molecule is CCC(C)NC(=O)c1ccc(NC(=O)c2cn(C)nc2-c2ccc(C)o2)cc1. The number of nitrogens with zero attached hydrogens (tertiary/aromatic N) is 2. The summed E-state index contributed by atoms with van der Waals surface area (Å²) >= 11 is 0. The van der Waals surface area contributed by atoms with Crippen LogP contribution in [0.5, 0.6) is 0 Å². The first-order valence-corrected chi connectivity index (χ1v) is 9.20. The van der Waals surface area contributed by atoms with Crippen LogP contribution in [0, 0.1) is 6.92 Å². The Bertz CT molecular complexity index is 986. The van der Waals surface area contributed by atoms with Crippen molar-refractivity contribution in [3.05, 3.63) is 59.5 Å². The number of anilines is 1. The highest BCUT2D eigenvalue weighted by Crippen LogP contribution is 2.25. The molecular weight excluding hydrogens is 356 g/mol. The van der Waals surface area contributed by atoms with Crippen molar-refractivity contribution in [2.45, 2.75) is 33.2 Å². The van der Waals surface area contributed by atoms with E-state index in [0.29, 0.717) is 28.3 Å². The predicted molar refractivity (Wildman–Crippen MR) is 107 cm³/mol. The zero-order chi connectivity index (χ0) is 20.3. The summed E-state index contributed by atoms with van der Waals surface area (Å²) in [6.45, 7) is 5.81. The summed E-state index contributed by atoms with van der Waals surface area (Å²) in [5.74, 6) is 0.863. The van der Waals surface area contributed by atoms with E-state index >= 15 is 0 Å². The smallest absolute Gasteiger partial charge is 0.259 e. The fourth-order valence-corrected chi connectivity index (χ4v) is 2.71. The van der Waals surface area contributed by atoms with Crippen molar-refractivity contribution in [2.75, 3.05) is 5.32 Å². The first kappa shape index (κ1) is 19.4. The lowest BCUT2D eigenvalue weighted by molar-refractivity contribution is 0.0938. The first-order chi connectivity index (χ1) is 13.4. The van der Waals surface area contributed by atoms with Crippen molar-refractivity contribution >= 4 is 17.5 Å². The molecule has 7 heteroatoms. The van der Waals surface area contributed by atoms with E-state index in [1.807, 2.05) is 26.8 Å². The molecule has 1 unspecified atom stereocenters. The summed E-state index contributed by atoms with van der Waals surface area (Å²) in [6, 6.07) is 10.5. The second kappa shape index (κ2) is 8.12. The van der Waals surface area contributed by atoms with Gasteiger partial charge in [-0.15, -0.1) is 0 Å². The standard InChI is InChI=1S/C21H24N4O3/c1-5-13(2)22-20(26)15-7-9-16(10-8-15)23-21(27)17-12-25(4)24-19(17)18-11-6-14(3)28-18/h6-13H,5H2,1-4H3,(H,22,26)(H,23,27). The van der Waals surface area contributed by atoms with Crippen molar-refractivity contribution in [2.24, 2.45) is 7.05 Å². The number of rotatable bonds is 6. The molecule has 0 spiro atoms. The molecule has 146 valence electrons. The Balaban J connectivity index is 1.74. The highest BCUT2D eigenvalue weighted by atomic mass is 16.3. The van der Waals surface area contributed by atoms with Gasteiger partial charge in [0, 0.05) is 30.5 Å². The normalized spacial score (nSPS) is 11.9. The highest BCUT2D eigenvalue weighted by Gasteiger charge is 2.20. The van der Waals surface area contributed by atoms with Gasteiger partial charge in [-0.1, -0.05) is 6.92 Å². The number of benzene rings is 1. The Morgan fingerprint density at radius 1 is 1.14 bits per heavy atom. The number of nitrogens with one attached hydrogen (secondary N) is 2. The molecule has 28 heavy (non-hydrogen) atoms. The largest absolute Gasteiger partial charge is 0.460 e. The van der Waals surface area contributed by atoms with Gasteiger partial charge in [0.15, 0.2) is 5.76 Å². The number of amides is 2. The van der Waals surface area contributed by atoms with Crippen LogP contribution in [-0.4, -0.2) is 27.6 Å². The van der Waals surface area contributed by atoms with Crippen molar-refractivity contribution < 1.29 is 14.0 Å². The molecule has 2 aromatic heterocycles. The molecule has 3 rings (SSSR count). The van der Waals surface area contributed by atoms with Crippen LogP contribution in [0.15, 0.2) is 47.0 Å². The zero-order valence-corrected chi connectivity index (χ0v) is 16.4. The number of carbonyl (C=O) groups is 2. The molecule has 0 radical (unpaired) electrons. The van der Waals surface area contributed by atoms with E-state index in [9.17, 15) is 9.59 Å². The van der Waals surface area contributed by atoms with E-state index in [-0.39, 0.29) is 17.9 Å². The van der Waals surface area contributed by atoms with Crippen LogP contribution < -0.4 is 10.6 Å². The highest BCUT2D eigenvalue weighted by molar-refractivity contribution is 6.08. The molecule has 2 N–H and O–H groups in total. The van der Waals surface area contributed by atoms with Gasteiger partial charge in [-0.3, -0.25) is 14.3 Å². The third-order valence-corrected chi connectivity index (χ3v) is 4.44. The Kier molecular flexibility index (Phi) is 5.63. The maximum atomic E-state index is 12.7. The fraction of sp³-hybridized carbons (Fsp3) is 0.286. The third kappa shape index (κ3) is 4.31. The molecule has 0 aliphatic rings. The van der Waals surface area contributed by atoms with Gasteiger partial charge in [0.05, 0.1) is 5.56 Å². The van der Waals surface area contributed by atoms with Crippen LogP contribution in [0.2, 0.25) is 0 Å². The summed E-state index contributed by atoms with van der Waals surface area (Å²) in [5, 5.41) is 10.1. The molecule has 2 heterocycles. The topological polar surface area (TPSA) is 89.2 Å². The van der Waals surface area contributed by atoms with Gasteiger partial charge in [-0.2, -0.15) is 5.10 Å². The Labute approximate surface area is 163 Å². The zero-order valence-electron chi connectivity index (χ0n) is 16.4. The van der Waals surface area contributed by atoms with E-state index < -0.39 is 0 Å². The molecule has 7 nitrogen and oxygen atoms in total. The van der Waals surface area contributed by atoms with Gasteiger partial charge < -0.3 is 15.1 Å². The first-order valence-electron chi connectivity index (χ1n) is 9.20. The minimum absolute atomic E-state index is 0.112. The van der Waals surface area contributed by atoms with Gasteiger partial charge in [-0.05, 0) is 56.7 Å². The van der Waals surface area contributed by atoms with E-state index in [1.165, 1.54) is 0 Å². The van der Waals surface area contributed by atoms with Crippen LogP contribution in [0.3, 0.4) is 0 Å². The van der Waals surface area contributed by atoms with E-state index in [0.717, 1.165) is 12.2 Å². The van der Waals surface area contributed by atoms with Crippen molar-refractivity contribution in [3.8, 4) is 11.5 Å². The maximum Gasteiger partial charge on any atom is 0.259 e. The number of aromatic nitrogens is 2. The molecule has 0 fully saturated rings. The van der Waals surface area contributed by atoms with Crippen LogP contribution in [0.4, 0.5) is 5.69 Å². The molecule has 0 saturated carbocycles. The molecule has 0 bridgehead atoms. The van der Waals surface area contributed by atoms with Gasteiger partial charge in [0.1, 0.15) is 11.5 Å². The van der Waals surface area contributed by atoms with Crippen molar-refractivity contribution in [1.82, 2.24) is 15.1 Å². The summed E-state index contributed by atoms with van der Waals surface area (Å²) in [7, 11) is 1.75. The average Bonchev–Trinajstić information content (AvgIpc) is 3.27. The second-order valence-corrected chi connectivity index (χ2v) is 6.79. The molecule has 0 aliphatic carbocycles. The third-order valence-electron chi connectivity index (χ3n) is 4.44. The van der Waals surface area contributed by atoms with E-state index in [4.69, 9.17) is 4.42 Å². The van der Waals surface area contributed by atoms with Crippen molar-refractivity contribution in [1.29, 1.82) is 0 Å². The molecule has 2 amide bonds. The average molecular weight is 380 g/mol. The lowest BCUT2D eigenvalue weighted by atomic mass is 10.1. The quantitative estimate of drug-likeness (QED) is 0.681. The summed E-state index contributed by atoms with van der Waals surface area (Å²) in [5.41, 5.74) is 2.04. The summed E-state index contributed by atoms with van der Waals surface area (Å²) < 4.78 is 7.18. The van der Waals surface area contributed by atoms with E-state index in [2.05, 4.69) is 15.7 Å². The summed E-state index contributed by atoms with van der Waals surface area (Å²) in [6.07, 6.45) is 2.51. The molecule has 1 aromatic carbocycles. The summed E-state index contributed by atoms with van der Waals surface area (Å²) in [4.78, 5) is 24.9. The molecule has 3 aromatic rings. The predicted octanol–water partition coefficient (Wildman–Crippen LogP) is 3.77. The Morgan fingerprint density at radius 3 is 2.46 bits per heavy atom. The Morgan fingerprint density at radius 2 is 1.86 bits per heavy atom. The lowest BCUT2D eigenvalue weighted by Gasteiger charge is -2.11.